The highest BCUT2D eigenvalue weighted by atomic mass is 32.2. The molecule has 0 atom stereocenters. The highest BCUT2D eigenvalue weighted by Gasteiger charge is 2.30. The number of halogens is 1. The van der Waals surface area contributed by atoms with Gasteiger partial charge in [0, 0.05) is 6.07 Å². The Hall–Kier alpha value is -1.63. The lowest BCUT2D eigenvalue weighted by Gasteiger charge is -2.16. The molecule has 5 nitrogen and oxygen atoms in total. The second-order valence-electron chi connectivity index (χ2n) is 6.07. The molecule has 0 bridgehead atoms. The predicted molar refractivity (Wildman–Crippen MR) is 86.8 cm³/mol. The molecule has 0 unspecified atom stereocenters. The molecule has 1 N–H and O–H groups in total. The van der Waals surface area contributed by atoms with E-state index in [-0.39, 0.29) is 11.8 Å². The fraction of sp³-hybridized carbons (Fsp3) is 0.562. The van der Waals surface area contributed by atoms with Crippen molar-refractivity contribution in [2.75, 3.05) is 11.1 Å². The van der Waals surface area contributed by atoms with Crippen LogP contribution in [-0.2, 0) is 14.6 Å². The van der Waals surface area contributed by atoms with Gasteiger partial charge in [0.2, 0.25) is 5.91 Å². The van der Waals surface area contributed by atoms with Gasteiger partial charge < -0.3 is 10.1 Å². The van der Waals surface area contributed by atoms with Crippen molar-refractivity contribution in [3.8, 4) is 5.75 Å². The van der Waals surface area contributed by atoms with Crippen molar-refractivity contribution in [3.05, 3.63) is 24.0 Å². The van der Waals surface area contributed by atoms with Gasteiger partial charge in [0.05, 0.1) is 17.0 Å². The van der Waals surface area contributed by atoms with Crippen molar-refractivity contribution in [2.45, 2.75) is 50.9 Å². The molecule has 7 heteroatoms. The van der Waals surface area contributed by atoms with E-state index in [1.807, 2.05) is 0 Å². The van der Waals surface area contributed by atoms with Crippen LogP contribution in [0.3, 0.4) is 0 Å². The van der Waals surface area contributed by atoms with Gasteiger partial charge in [-0.2, -0.15) is 0 Å². The molecule has 0 saturated heterocycles. The Bertz CT molecular complexity index is 667. The van der Waals surface area contributed by atoms with Gasteiger partial charge in [0.15, 0.2) is 9.84 Å². The highest BCUT2D eigenvalue weighted by molar-refractivity contribution is 7.92. The second kappa shape index (κ2) is 7.29. The quantitative estimate of drug-likeness (QED) is 0.862. The minimum atomic E-state index is -3.47. The third-order valence-corrected chi connectivity index (χ3v) is 5.87. The lowest BCUT2D eigenvalue weighted by atomic mass is 10.2. The van der Waals surface area contributed by atoms with E-state index in [4.69, 9.17) is 4.74 Å². The fourth-order valence-electron chi connectivity index (χ4n) is 2.69. The Kier molecular flexibility index (Phi) is 5.62. The Morgan fingerprint density at radius 2 is 2.00 bits per heavy atom. The maximum atomic E-state index is 13.4. The molecule has 23 heavy (non-hydrogen) atoms. The molecular formula is C16H22FNO4S. The Morgan fingerprint density at radius 3 is 2.61 bits per heavy atom. The van der Waals surface area contributed by atoms with E-state index >= 15 is 0 Å². The second-order valence-corrected chi connectivity index (χ2v) is 8.35. The molecule has 1 fully saturated rings. The predicted octanol–water partition coefficient (Wildman–Crippen LogP) is 2.91. The average Bonchev–Trinajstić information content (AvgIpc) is 2.95. The van der Waals surface area contributed by atoms with Gasteiger partial charge in [-0.15, -0.1) is 0 Å². The van der Waals surface area contributed by atoms with E-state index < -0.39 is 32.6 Å². The first-order chi connectivity index (χ1) is 10.8. The number of ether oxygens (including phenoxy) is 1. The summed E-state index contributed by atoms with van der Waals surface area (Å²) >= 11 is 0. The largest absolute Gasteiger partial charge is 0.489 e. The summed E-state index contributed by atoms with van der Waals surface area (Å²) in [4.78, 5) is 12.1. The van der Waals surface area contributed by atoms with Gasteiger partial charge in [-0.1, -0.05) is 12.8 Å². The van der Waals surface area contributed by atoms with Crippen LogP contribution in [0.15, 0.2) is 18.2 Å². The molecular weight excluding hydrogens is 321 g/mol. The van der Waals surface area contributed by atoms with E-state index in [2.05, 4.69) is 5.32 Å². The van der Waals surface area contributed by atoms with Crippen LogP contribution in [-0.4, -0.2) is 31.4 Å². The number of hydrogen-bond acceptors (Lipinski definition) is 4. The molecule has 0 aliphatic heterocycles. The third-order valence-electron chi connectivity index (χ3n) is 3.72. The molecule has 1 aromatic carbocycles. The molecule has 1 aliphatic rings. The number of sulfone groups is 1. The zero-order chi connectivity index (χ0) is 17.0. The van der Waals surface area contributed by atoms with Crippen LogP contribution in [0, 0.1) is 5.82 Å². The van der Waals surface area contributed by atoms with E-state index in [0.717, 1.165) is 18.9 Å². The summed E-state index contributed by atoms with van der Waals surface area (Å²) in [5, 5.41) is 2.02. The Morgan fingerprint density at radius 1 is 1.35 bits per heavy atom. The van der Waals surface area contributed by atoms with Gasteiger partial charge in [0.1, 0.15) is 17.3 Å². The number of benzene rings is 1. The van der Waals surface area contributed by atoms with E-state index in [9.17, 15) is 17.6 Å². The van der Waals surface area contributed by atoms with Gasteiger partial charge in [-0.3, -0.25) is 4.79 Å². The summed E-state index contributed by atoms with van der Waals surface area (Å²) in [6.45, 7) is 3.61. The summed E-state index contributed by atoms with van der Waals surface area (Å²) < 4.78 is 43.3. The van der Waals surface area contributed by atoms with Crippen LogP contribution in [0.5, 0.6) is 5.75 Å². The topological polar surface area (TPSA) is 72.5 Å². The number of anilines is 1. The van der Waals surface area contributed by atoms with Crippen LogP contribution in [0.4, 0.5) is 10.1 Å². The number of amides is 1. The van der Waals surface area contributed by atoms with Crippen LogP contribution < -0.4 is 10.1 Å². The van der Waals surface area contributed by atoms with Crippen molar-refractivity contribution in [2.24, 2.45) is 0 Å². The molecule has 0 heterocycles. The Labute approximate surface area is 136 Å². The number of nitrogens with one attached hydrogen (secondary N) is 1. The zero-order valence-electron chi connectivity index (χ0n) is 13.3. The summed E-state index contributed by atoms with van der Waals surface area (Å²) in [6.07, 6.45) is 2.82. The maximum absolute atomic E-state index is 13.4. The highest BCUT2D eigenvalue weighted by Crippen LogP contribution is 2.28. The number of carbonyl (C=O) groups excluding carboxylic acids is 1. The van der Waals surface area contributed by atoms with Crippen LogP contribution >= 0.6 is 0 Å². The van der Waals surface area contributed by atoms with E-state index in [1.165, 1.54) is 12.1 Å². The lowest BCUT2D eigenvalue weighted by Crippen LogP contribution is -2.29. The SMILES string of the molecule is CC(C)Oc1ccc(F)cc1NC(=O)CS(=O)(=O)C1CCCC1. The van der Waals surface area contributed by atoms with Gasteiger partial charge in [-0.05, 0) is 38.8 Å². The average molecular weight is 343 g/mol. The lowest BCUT2D eigenvalue weighted by molar-refractivity contribution is -0.113. The summed E-state index contributed by atoms with van der Waals surface area (Å²) in [7, 11) is -3.47. The van der Waals surface area contributed by atoms with Crippen LogP contribution in [0.1, 0.15) is 39.5 Å². The monoisotopic (exact) mass is 343 g/mol. The molecule has 0 aromatic heterocycles. The molecule has 1 saturated carbocycles. The first-order valence-electron chi connectivity index (χ1n) is 7.75. The van der Waals surface area contributed by atoms with Crippen molar-refractivity contribution in [1.82, 2.24) is 0 Å². The molecule has 1 amide bonds. The first kappa shape index (κ1) is 17.7. The molecule has 2 rings (SSSR count). The van der Waals surface area contributed by atoms with Crippen molar-refractivity contribution < 1.29 is 22.3 Å². The van der Waals surface area contributed by atoms with Crippen molar-refractivity contribution in [1.29, 1.82) is 0 Å². The summed E-state index contributed by atoms with van der Waals surface area (Å²) in [5.74, 6) is -1.48. The van der Waals surface area contributed by atoms with Gasteiger partial charge in [0.25, 0.3) is 0 Å². The standard InChI is InChI=1S/C16H22FNO4S/c1-11(2)22-15-8-7-12(17)9-14(15)18-16(19)10-23(20,21)13-5-3-4-6-13/h7-9,11,13H,3-6,10H2,1-2H3,(H,18,19). The summed E-state index contributed by atoms with van der Waals surface area (Å²) in [5.41, 5.74) is 0.144. The van der Waals surface area contributed by atoms with Crippen molar-refractivity contribution >= 4 is 21.4 Å². The number of carbonyl (C=O) groups is 1. The summed E-state index contributed by atoms with van der Waals surface area (Å²) in [6, 6.07) is 3.76. The minimum Gasteiger partial charge on any atom is -0.489 e. The zero-order valence-corrected chi connectivity index (χ0v) is 14.2. The first-order valence-corrected chi connectivity index (χ1v) is 9.47. The third kappa shape index (κ3) is 4.92. The number of rotatable bonds is 6. The van der Waals surface area contributed by atoms with E-state index in [1.54, 1.807) is 13.8 Å². The molecule has 0 radical (unpaired) electrons. The van der Waals surface area contributed by atoms with E-state index in [0.29, 0.717) is 18.6 Å². The molecule has 128 valence electrons. The normalized spacial score (nSPS) is 15.8. The molecule has 1 aliphatic carbocycles. The van der Waals surface area contributed by atoms with Crippen LogP contribution in [0.25, 0.3) is 0 Å². The van der Waals surface area contributed by atoms with Crippen LogP contribution in [0.2, 0.25) is 0 Å². The minimum absolute atomic E-state index is 0.144. The molecule has 0 spiro atoms. The van der Waals surface area contributed by atoms with Crippen molar-refractivity contribution in [3.63, 3.8) is 0 Å². The molecule has 1 aromatic rings. The smallest absolute Gasteiger partial charge is 0.239 e. The number of hydrogen-bond donors (Lipinski definition) is 1. The fourth-order valence-corrected chi connectivity index (χ4v) is 4.42. The maximum Gasteiger partial charge on any atom is 0.239 e. The van der Waals surface area contributed by atoms with Gasteiger partial charge >= 0.3 is 0 Å². The Balaban J connectivity index is 2.09. The van der Waals surface area contributed by atoms with Gasteiger partial charge in [-0.25, -0.2) is 12.8 Å².